The van der Waals surface area contributed by atoms with Gasteiger partial charge in [-0.1, -0.05) is 39.7 Å². The van der Waals surface area contributed by atoms with Gasteiger partial charge in [0, 0.05) is 28.3 Å². The SMILES string of the molecule is O=C(Nc1ccc(Br)cc1)C1CCCN(Cc2ccc(Cl)cc2)C1. The molecule has 3 nitrogen and oxygen atoms in total. The molecular formula is C19H20BrClN2O. The molecule has 2 aromatic carbocycles. The Morgan fingerprint density at radius 1 is 1.17 bits per heavy atom. The summed E-state index contributed by atoms with van der Waals surface area (Å²) in [5.74, 6) is 0.146. The maximum absolute atomic E-state index is 12.5. The molecule has 1 aliphatic heterocycles. The number of carbonyl (C=O) groups is 1. The summed E-state index contributed by atoms with van der Waals surface area (Å²) in [6.45, 7) is 2.69. The predicted octanol–water partition coefficient (Wildman–Crippen LogP) is 4.95. The zero-order valence-electron chi connectivity index (χ0n) is 13.3. The van der Waals surface area contributed by atoms with Gasteiger partial charge in [0.05, 0.1) is 5.92 Å². The lowest BCUT2D eigenvalue weighted by atomic mass is 9.96. The third-order valence-corrected chi connectivity index (χ3v) is 5.09. The van der Waals surface area contributed by atoms with E-state index in [1.54, 1.807) is 0 Å². The number of anilines is 1. The van der Waals surface area contributed by atoms with Crippen LogP contribution >= 0.6 is 27.5 Å². The average Bonchev–Trinajstić information content (AvgIpc) is 2.59. The van der Waals surface area contributed by atoms with Gasteiger partial charge in [-0.05, 0) is 61.3 Å². The molecule has 1 N–H and O–H groups in total. The minimum atomic E-state index is 0.0368. The van der Waals surface area contributed by atoms with Crippen molar-refractivity contribution in [2.75, 3.05) is 18.4 Å². The van der Waals surface area contributed by atoms with Gasteiger partial charge in [-0.25, -0.2) is 0 Å². The normalized spacial score (nSPS) is 18.3. The molecule has 5 heteroatoms. The van der Waals surface area contributed by atoms with Crippen molar-refractivity contribution in [2.24, 2.45) is 5.92 Å². The van der Waals surface area contributed by atoms with Crippen molar-refractivity contribution < 1.29 is 4.79 Å². The summed E-state index contributed by atoms with van der Waals surface area (Å²) < 4.78 is 1.01. The fraction of sp³-hybridized carbons (Fsp3) is 0.316. The van der Waals surface area contributed by atoms with Crippen LogP contribution in [-0.2, 0) is 11.3 Å². The highest BCUT2D eigenvalue weighted by molar-refractivity contribution is 9.10. The second kappa shape index (κ2) is 8.15. The lowest BCUT2D eigenvalue weighted by molar-refractivity contribution is -0.121. The van der Waals surface area contributed by atoms with Crippen LogP contribution in [0.5, 0.6) is 0 Å². The lowest BCUT2D eigenvalue weighted by Crippen LogP contribution is -2.40. The van der Waals surface area contributed by atoms with E-state index in [2.05, 4.69) is 26.1 Å². The highest BCUT2D eigenvalue weighted by Gasteiger charge is 2.25. The minimum absolute atomic E-state index is 0.0368. The van der Waals surface area contributed by atoms with Crippen molar-refractivity contribution in [3.63, 3.8) is 0 Å². The van der Waals surface area contributed by atoms with Crippen molar-refractivity contribution in [3.8, 4) is 0 Å². The van der Waals surface area contributed by atoms with Gasteiger partial charge in [-0.2, -0.15) is 0 Å². The standard InChI is InChI=1S/C19H20BrClN2O/c20-16-5-9-18(10-6-16)22-19(24)15-2-1-11-23(13-15)12-14-3-7-17(21)8-4-14/h3-10,15H,1-2,11-13H2,(H,22,24). The number of halogens is 2. The van der Waals surface area contributed by atoms with Crippen LogP contribution < -0.4 is 5.32 Å². The summed E-state index contributed by atoms with van der Waals surface area (Å²) in [4.78, 5) is 14.9. The first kappa shape index (κ1) is 17.5. The molecule has 3 rings (SSSR count). The maximum Gasteiger partial charge on any atom is 0.228 e. The van der Waals surface area contributed by atoms with E-state index in [0.29, 0.717) is 0 Å². The van der Waals surface area contributed by atoms with Crippen molar-refractivity contribution in [1.82, 2.24) is 4.90 Å². The van der Waals surface area contributed by atoms with E-state index in [0.717, 1.165) is 47.7 Å². The number of rotatable bonds is 4. The van der Waals surface area contributed by atoms with Gasteiger partial charge in [0.25, 0.3) is 0 Å². The van der Waals surface area contributed by atoms with Crippen molar-refractivity contribution >= 4 is 39.1 Å². The number of piperidine rings is 1. The largest absolute Gasteiger partial charge is 0.326 e. The molecule has 0 aliphatic carbocycles. The van der Waals surface area contributed by atoms with Crippen LogP contribution in [0.3, 0.4) is 0 Å². The van der Waals surface area contributed by atoms with Crippen molar-refractivity contribution in [3.05, 3.63) is 63.6 Å². The van der Waals surface area contributed by atoms with Gasteiger partial charge in [-0.3, -0.25) is 9.69 Å². The van der Waals surface area contributed by atoms with E-state index in [1.165, 1.54) is 5.56 Å². The van der Waals surface area contributed by atoms with Crippen molar-refractivity contribution in [2.45, 2.75) is 19.4 Å². The summed E-state index contributed by atoms with van der Waals surface area (Å²) in [6, 6.07) is 15.6. The van der Waals surface area contributed by atoms with Gasteiger partial charge in [-0.15, -0.1) is 0 Å². The number of nitrogens with zero attached hydrogens (tertiary/aromatic N) is 1. The smallest absolute Gasteiger partial charge is 0.228 e. The van der Waals surface area contributed by atoms with Gasteiger partial charge >= 0.3 is 0 Å². The zero-order valence-corrected chi connectivity index (χ0v) is 15.7. The summed E-state index contributed by atoms with van der Waals surface area (Å²) in [5.41, 5.74) is 2.08. The first-order valence-electron chi connectivity index (χ1n) is 8.13. The molecule has 0 radical (unpaired) electrons. The Bertz CT molecular complexity index is 688. The number of likely N-dealkylation sites (tertiary alicyclic amines) is 1. The minimum Gasteiger partial charge on any atom is -0.326 e. The fourth-order valence-corrected chi connectivity index (χ4v) is 3.43. The molecule has 1 atom stereocenters. The summed E-state index contributed by atoms with van der Waals surface area (Å²) >= 11 is 9.34. The van der Waals surface area contributed by atoms with E-state index >= 15 is 0 Å². The number of nitrogens with one attached hydrogen (secondary N) is 1. The number of hydrogen-bond donors (Lipinski definition) is 1. The molecule has 1 fully saturated rings. The molecule has 1 unspecified atom stereocenters. The molecule has 1 amide bonds. The van der Waals surface area contributed by atoms with Gasteiger partial charge in [0.2, 0.25) is 5.91 Å². The number of amides is 1. The highest BCUT2D eigenvalue weighted by Crippen LogP contribution is 2.22. The summed E-state index contributed by atoms with van der Waals surface area (Å²) in [7, 11) is 0. The highest BCUT2D eigenvalue weighted by atomic mass is 79.9. The molecule has 2 aromatic rings. The Balaban J connectivity index is 1.57. The number of benzene rings is 2. The molecule has 1 heterocycles. The zero-order chi connectivity index (χ0) is 16.9. The average molecular weight is 408 g/mol. The second-order valence-electron chi connectivity index (χ2n) is 6.20. The van der Waals surface area contributed by atoms with Crippen LogP contribution in [0.25, 0.3) is 0 Å². The molecule has 1 aliphatic rings. The second-order valence-corrected chi connectivity index (χ2v) is 7.55. The molecule has 0 saturated carbocycles. The van der Waals surface area contributed by atoms with Gasteiger partial charge in [0.15, 0.2) is 0 Å². The first-order valence-corrected chi connectivity index (χ1v) is 9.30. The Morgan fingerprint density at radius 2 is 1.88 bits per heavy atom. The molecule has 1 saturated heterocycles. The van der Waals surface area contributed by atoms with E-state index in [4.69, 9.17) is 11.6 Å². The van der Waals surface area contributed by atoms with Crippen LogP contribution in [0.15, 0.2) is 53.0 Å². The number of carbonyl (C=O) groups excluding carboxylic acids is 1. The molecule has 24 heavy (non-hydrogen) atoms. The number of hydrogen-bond acceptors (Lipinski definition) is 2. The monoisotopic (exact) mass is 406 g/mol. The van der Waals surface area contributed by atoms with Crippen LogP contribution in [0, 0.1) is 5.92 Å². The summed E-state index contributed by atoms with van der Waals surface area (Å²) in [5, 5.41) is 3.78. The molecular weight excluding hydrogens is 388 g/mol. The van der Waals surface area contributed by atoms with Crippen molar-refractivity contribution in [1.29, 1.82) is 0 Å². The van der Waals surface area contributed by atoms with Crippen LogP contribution in [0.4, 0.5) is 5.69 Å². The fourth-order valence-electron chi connectivity index (χ4n) is 3.04. The summed E-state index contributed by atoms with van der Waals surface area (Å²) in [6.07, 6.45) is 1.99. The predicted molar refractivity (Wildman–Crippen MR) is 102 cm³/mol. The van der Waals surface area contributed by atoms with Crippen LogP contribution in [0.1, 0.15) is 18.4 Å². The van der Waals surface area contributed by atoms with E-state index < -0.39 is 0 Å². The van der Waals surface area contributed by atoms with E-state index in [-0.39, 0.29) is 11.8 Å². The lowest BCUT2D eigenvalue weighted by Gasteiger charge is -2.32. The quantitative estimate of drug-likeness (QED) is 0.777. The van der Waals surface area contributed by atoms with Gasteiger partial charge < -0.3 is 5.32 Å². The van der Waals surface area contributed by atoms with Gasteiger partial charge in [0.1, 0.15) is 0 Å². The van der Waals surface area contributed by atoms with E-state index in [9.17, 15) is 4.79 Å². The Morgan fingerprint density at radius 3 is 2.58 bits per heavy atom. The third-order valence-electron chi connectivity index (χ3n) is 4.31. The Hall–Kier alpha value is -1.36. The Labute approximate surface area is 156 Å². The van der Waals surface area contributed by atoms with Crippen LogP contribution in [-0.4, -0.2) is 23.9 Å². The third kappa shape index (κ3) is 4.82. The van der Waals surface area contributed by atoms with E-state index in [1.807, 2.05) is 48.5 Å². The molecule has 0 bridgehead atoms. The topological polar surface area (TPSA) is 32.3 Å². The Kier molecular flexibility index (Phi) is 5.93. The van der Waals surface area contributed by atoms with Crippen LogP contribution in [0.2, 0.25) is 5.02 Å². The molecule has 126 valence electrons. The molecule has 0 aromatic heterocycles. The first-order chi connectivity index (χ1) is 11.6. The maximum atomic E-state index is 12.5. The molecule has 0 spiro atoms.